The summed E-state index contributed by atoms with van der Waals surface area (Å²) in [6, 6.07) is 17.2. The van der Waals surface area contributed by atoms with Crippen molar-refractivity contribution in [3.05, 3.63) is 70.8 Å². The number of Topliss-reactive ketones (excluding diaryl/α,β-unsaturated/α-hetero) is 1. The number of carbonyl (C=O) groups is 2. The quantitative estimate of drug-likeness (QED) is 0.334. The Kier molecular flexibility index (Phi) is 10.7. The zero-order valence-corrected chi connectivity index (χ0v) is 22.2. The van der Waals surface area contributed by atoms with E-state index in [-0.39, 0.29) is 17.7 Å². The molecule has 1 aliphatic heterocycles. The molecule has 1 heterocycles. The molecule has 0 amide bonds. The van der Waals surface area contributed by atoms with Gasteiger partial charge in [0, 0.05) is 12.0 Å². The molecular formula is C31H44N2O3. The van der Waals surface area contributed by atoms with Crippen LogP contribution >= 0.6 is 0 Å². The zero-order valence-electron chi connectivity index (χ0n) is 22.2. The van der Waals surface area contributed by atoms with Crippen molar-refractivity contribution < 1.29 is 14.7 Å². The van der Waals surface area contributed by atoms with Crippen molar-refractivity contribution in [2.45, 2.75) is 96.1 Å². The van der Waals surface area contributed by atoms with Crippen LogP contribution in [0, 0.1) is 13.8 Å². The zero-order chi connectivity index (χ0) is 26.0. The van der Waals surface area contributed by atoms with E-state index in [9.17, 15) is 9.59 Å². The molecule has 0 aromatic heterocycles. The number of carbonyl (C=O) groups excluding carboxylic acids is 1. The molecule has 0 saturated carbocycles. The largest absolute Gasteiger partial charge is 0.481 e. The second kappa shape index (κ2) is 13.7. The van der Waals surface area contributed by atoms with Gasteiger partial charge < -0.3 is 10.8 Å². The fraction of sp³-hybridized carbons (Fsp3) is 0.548. The predicted molar refractivity (Wildman–Crippen MR) is 146 cm³/mol. The average Bonchev–Trinajstić information content (AvgIpc) is 2.84. The molecule has 0 radical (unpaired) electrons. The van der Waals surface area contributed by atoms with Crippen molar-refractivity contribution in [1.82, 2.24) is 4.90 Å². The number of nitrogens with two attached hydrogens (primary N) is 1. The molecular weight excluding hydrogens is 448 g/mol. The SMILES string of the molecule is Cc1ccc(CC2(Cc3ccc(C)cc3)CCCCN2CCCCCCC(=O)C(N)CC(=O)O)cc1. The van der Waals surface area contributed by atoms with Gasteiger partial charge >= 0.3 is 5.97 Å². The minimum absolute atomic E-state index is 0.127. The lowest BCUT2D eigenvalue weighted by atomic mass is 9.76. The third-order valence-corrected chi connectivity index (χ3v) is 7.71. The number of aryl methyl sites for hydroxylation is 2. The lowest BCUT2D eigenvalue weighted by Gasteiger charge is -2.48. The summed E-state index contributed by atoms with van der Waals surface area (Å²) in [7, 11) is 0. The van der Waals surface area contributed by atoms with E-state index in [2.05, 4.69) is 67.3 Å². The molecule has 1 atom stereocenters. The number of rotatable bonds is 14. The second-order valence-electron chi connectivity index (χ2n) is 10.8. The summed E-state index contributed by atoms with van der Waals surface area (Å²) in [5.74, 6) is -1.15. The molecule has 1 unspecified atom stereocenters. The minimum atomic E-state index is -1.02. The summed E-state index contributed by atoms with van der Waals surface area (Å²) < 4.78 is 0. The summed E-state index contributed by atoms with van der Waals surface area (Å²) in [4.78, 5) is 25.5. The number of benzene rings is 2. The van der Waals surface area contributed by atoms with Crippen LogP contribution in [0.4, 0.5) is 0 Å². The van der Waals surface area contributed by atoms with E-state index in [1.165, 1.54) is 41.5 Å². The molecule has 0 spiro atoms. The molecule has 1 fully saturated rings. The predicted octanol–water partition coefficient (Wildman–Crippen LogP) is 5.63. The monoisotopic (exact) mass is 492 g/mol. The number of carboxylic acids is 1. The Hall–Kier alpha value is -2.50. The van der Waals surface area contributed by atoms with Crippen LogP contribution < -0.4 is 5.73 Å². The minimum Gasteiger partial charge on any atom is -0.481 e. The van der Waals surface area contributed by atoms with Crippen LogP contribution in [0.5, 0.6) is 0 Å². The van der Waals surface area contributed by atoms with Crippen molar-refractivity contribution in [2.24, 2.45) is 5.73 Å². The van der Waals surface area contributed by atoms with Crippen LogP contribution in [0.15, 0.2) is 48.5 Å². The van der Waals surface area contributed by atoms with Gasteiger partial charge in [-0.1, -0.05) is 78.9 Å². The highest BCUT2D eigenvalue weighted by Gasteiger charge is 2.38. The maximum absolute atomic E-state index is 12.0. The van der Waals surface area contributed by atoms with E-state index in [0.717, 1.165) is 51.6 Å². The summed E-state index contributed by atoms with van der Waals surface area (Å²) in [6.45, 7) is 6.50. The topological polar surface area (TPSA) is 83.6 Å². The number of aliphatic carboxylic acids is 1. The van der Waals surface area contributed by atoms with Gasteiger partial charge in [-0.2, -0.15) is 0 Å². The van der Waals surface area contributed by atoms with Crippen LogP contribution in [0.3, 0.4) is 0 Å². The summed E-state index contributed by atoms with van der Waals surface area (Å²) in [5, 5.41) is 8.81. The van der Waals surface area contributed by atoms with Gasteiger partial charge in [0.2, 0.25) is 0 Å². The maximum Gasteiger partial charge on any atom is 0.305 e. The highest BCUT2D eigenvalue weighted by molar-refractivity contribution is 5.87. The molecule has 5 heteroatoms. The van der Waals surface area contributed by atoms with Gasteiger partial charge in [0.05, 0.1) is 12.5 Å². The highest BCUT2D eigenvalue weighted by atomic mass is 16.4. The van der Waals surface area contributed by atoms with Crippen LogP contribution in [-0.2, 0) is 22.4 Å². The van der Waals surface area contributed by atoms with Gasteiger partial charge in [-0.25, -0.2) is 0 Å². The summed E-state index contributed by atoms with van der Waals surface area (Å²) >= 11 is 0. The van der Waals surface area contributed by atoms with Crippen molar-refractivity contribution in [1.29, 1.82) is 0 Å². The van der Waals surface area contributed by atoms with Gasteiger partial charge in [-0.3, -0.25) is 14.5 Å². The number of unbranched alkanes of at least 4 members (excludes halogenated alkanes) is 3. The molecule has 1 saturated heterocycles. The van der Waals surface area contributed by atoms with Gasteiger partial charge in [0.25, 0.3) is 0 Å². The second-order valence-corrected chi connectivity index (χ2v) is 10.8. The Labute approximate surface area is 217 Å². The van der Waals surface area contributed by atoms with E-state index in [0.29, 0.717) is 6.42 Å². The molecule has 5 nitrogen and oxygen atoms in total. The van der Waals surface area contributed by atoms with Gasteiger partial charge in [-0.05, 0) is 76.6 Å². The molecule has 36 heavy (non-hydrogen) atoms. The Morgan fingerprint density at radius 1 is 0.889 bits per heavy atom. The van der Waals surface area contributed by atoms with Crippen molar-refractivity contribution in [3.8, 4) is 0 Å². The van der Waals surface area contributed by atoms with Crippen LogP contribution in [-0.4, -0.2) is 46.4 Å². The highest BCUT2D eigenvalue weighted by Crippen LogP contribution is 2.35. The Morgan fingerprint density at radius 2 is 1.44 bits per heavy atom. The van der Waals surface area contributed by atoms with E-state index >= 15 is 0 Å². The number of likely N-dealkylation sites (tertiary alicyclic amines) is 1. The van der Waals surface area contributed by atoms with Crippen LogP contribution in [0.25, 0.3) is 0 Å². The number of hydrogen-bond donors (Lipinski definition) is 2. The van der Waals surface area contributed by atoms with E-state index in [1.807, 2.05) is 0 Å². The molecule has 196 valence electrons. The lowest BCUT2D eigenvalue weighted by Crippen LogP contribution is -2.55. The number of nitrogens with zero attached hydrogens (tertiary/aromatic N) is 1. The lowest BCUT2D eigenvalue weighted by molar-refractivity contribution is -0.139. The molecule has 1 aliphatic rings. The molecule has 3 N–H and O–H groups in total. The third-order valence-electron chi connectivity index (χ3n) is 7.71. The molecule has 2 aromatic rings. The van der Waals surface area contributed by atoms with Crippen LogP contribution in [0.2, 0.25) is 0 Å². The maximum atomic E-state index is 12.0. The summed E-state index contributed by atoms with van der Waals surface area (Å²) in [6.07, 6.45) is 9.90. The van der Waals surface area contributed by atoms with Crippen molar-refractivity contribution in [2.75, 3.05) is 13.1 Å². The van der Waals surface area contributed by atoms with Crippen molar-refractivity contribution in [3.63, 3.8) is 0 Å². The smallest absolute Gasteiger partial charge is 0.305 e. The summed E-state index contributed by atoms with van der Waals surface area (Å²) in [5.41, 5.74) is 11.2. The Morgan fingerprint density at radius 3 is 2.00 bits per heavy atom. The molecule has 2 aromatic carbocycles. The van der Waals surface area contributed by atoms with E-state index in [4.69, 9.17) is 10.8 Å². The molecule has 3 rings (SSSR count). The first-order chi connectivity index (χ1) is 17.3. The van der Waals surface area contributed by atoms with Crippen LogP contribution in [0.1, 0.15) is 80.0 Å². The average molecular weight is 493 g/mol. The van der Waals surface area contributed by atoms with E-state index in [1.54, 1.807) is 0 Å². The number of piperidine rings is 1. The first kappa shape index (κ1) is 28.1. The Bertz CT molecular complexity index is 921. The normalized spacial score (nSPS) is 16.5. The van der Waals surface area contributed by atoms with Gasteiger partial charge in [0.15, 0.2) is 0 Å². The standard InChI is InChI=1S/C31H44N2O3/c1-24-10-14-26(15-11-24)22-31(23-27-16-12-25(2)13-17-27)18-6-8-20-33(31)19-7-4-3-5-9-29(34)28(32)21-30(35)36/h10-17,28H,3-9,18-23,32H2,1-2H3,(H,35,36). The number of ketones is 1. The first-order valence-electron chi connectivity index (χ1n) is 13.6. The van der Waals surface area contributed by atoms with Crippen molar-refractivity contribution >= 4 is 11.8 Å². The number of carboxylic acid groups (broad SMARTS) is 1. The van der Waals surface area contributed by atoms with Gasteiger partial charge in [-0.15, -0.1) is 0 Å². The molecule has 0 bridgehead atoms. The van der Waals surface area contributed by atoms with Gasteiger partial charge in [0.1, 0.15) is 5.78 Å². The first-order valence-corrected chi connectivity index (χ1v) is 13.6. The van der Waals surface area contributed by atoms with E-state index < -0.39 is 12.0 Å². The fourth-order valence-electron chi connectivity index (χ4n) is 5.58. The fourth-order valence-corrected chi connectivity index (χ4v) is 5.58. The third kappa shape index (κ3) is 8.56. The molecule has 0 aliphatic carbocycles. The Balaban J connectivity index is 1.60. The number of hydrogen-bond acceptors (Lipinski definition) is 4.